The van der Waals surface area contributed by atoms with Gasteiger partial charge in [-0.05, 0) is 43.4 Å². The molecular weight excluding hydrogens is 394 g/mol. The first-order chi connectivity index (χ1) is 13.1. The number of carbonyl (C=O) groups excluding carboxylic acids is 3. The van der Waals surface area contributed by atoms with Crippen molar-refractivity contribution in [2.45, 2.75) is 65.3 Å². The van der Waals surface area contributed by atoms with Gasteiger partial charge in [-0.1, -0.05) is 51.4 Å². The van der Waals surface area contributed by atoms with Crippen molar-refractivity contribution >= 4 is 41.0 Å². The summed E-state index contributed by atoms with van der Waals surface area (Å²) in [7, 11) is 0. The fraction of sp³-hybridized carbons (Fsp3) is 0.591. The van der Waals surface area contributed by atoms with E-state index in [9.17, 15) is 14.4 Å². The first-order valence-electron chi connectivity index (χ1n) is 10.0. The predicted molar refractivity (Wildman–Crippen MR) is 114 cm³/mol. The molecule has 2 rings (SSSR count). The molecule has 1 saturated heterocycles. The molecule has 0 spiro atoms. The highest BCUT2D eigenvalue weighted by Gasteiger charge is 2.54. The van der Waals surface area contributed by atoms with Crippen molar-refractivity contribution in [3.05, 3.63) is 34.9 Å². The summed E-state index contributed by atoms with van der Waals surface area (Å²) >= 11 is 11.3. The lowest BCUT2D eigenvalue weighted by atomic mass is 9.79. The monoisotopic (exact) mass is 423 g/mol. The van der Waals surface area contributed by atoms with Gasteiger partial charge in [0.25, 0.3) is 5.78 Å². The van der Waals surface area contributed by atoms with Crippen LogP contribution in [0, 0.1) is 5.41 Å². The summed E-state index contributed by atoms with van der Waals surface area (Å²) in [5, 5.41) is 0.135. The van der Waals surface area contributed by atoms with Crippen LogP contribution in [0.4, 0.5) is 0 Å². The van der Waals surface area contributed by atoms with Gasteiger partial charge in [-0.3, -0.25) is 4.79 Å². The molecule has 0 radical (unpaired) electrons. The van der Waals surface area contributed by atoms with Gasteiger partial charge < -0.3 is 17.4 Å². The van der Waals surface area contributed by atoms with Crippen LogP contribution in [0.2, 0.25) is 5.02 Å². The highest BCUT2D eigenvalue weighted by molar-refractivity contribution is 7.77. The smallest absolute Gasteiger partial charge is 0.382 e. The van der Waals surface area contributed by atoms with Crippen molar-refractivity contribution in [1.82, 2.24) is 0 Å². The molecular formula is C22H30ClNO3S. The molecule has 1 amide bonds. The van der Waals surface area contributed by atoms with Crippen molar-refractivity contribution in [2.75, 3.05) is 13.1 Å². The van der Waals surface area contributed by atoms with Crippen LogP contribution in [-0.2, 0) is 27.0 Å². The molecule has 154 valence electrons. The quantitative estimate of drug-likeness (QED) is 0.370. The second-order valence-electron chi connectivity index (χ2n) is 8.42. The number of hydrogen-bond acceptors (Lipinski definition) is 4. The van der Waals surface area contributed by atoms with Crippen LogP contribution in [-0.4, -0.2) is 40.4 Å². The number of quaternary nitrogens is 1. The molecule has 1 aliphatic heterocycles. The summed E-state index contributed by atoms with van der Waals surface area (Å²) in [5.41, 5.74) is 0.151. The number of ketones is 1. The maximum absolute atomic E-state index is 13.6. The second kappa shape index (κ2) is 9.02. The van der Waals surface area contributed by atoms with Crippen LogP contribution in [0.5, 0.6) is 0 Å². The number of rotatable bonds is 7. The van der Waals surface area contributed by atoms with E-state index in [0.717, 1.165) is 18.4 Å². The molecule has 3 unspecified atom stereocenters. The van der Waals surface area contributed by atoms with E-state index in [1.165, 1.54) is 0 Å². The average Bonchev–Trinajstić information content (AvgIpc) is 2.66. The van der Waals surface area contributed by atoms with Crippen molar-refractivity contribution in [2.24, 2.45) is 5.41 Å². The number of piperidine rings is 1. The Morgan fingerprint density at radius 1 is 1.25 bits per heavy atom. The molecule has 0 aliphatic carbocycles. The van der Waals surface area contributed by atoms with E-state index >= 15 is 0 Å². The minimum absolute atomic E-state index is 0.154. The summed E-state index contributed by atoms with van der Waals surface area (Å²) in [6.45, 7) is 8.36. The Bertz CT molecular complexity index is 760. The molecule has 6 heteroatoms. The lowest BCUT2D eigenvalue weighted by Crippen LogP contribution is -2.69. The Labute approximate surface area is 178 Å². The summed E-state index contributed by atoms with van der Waals surface area (Å²) in [6.07, 6.45) is 2.75. The third-order valence-corrected chi connectivity index (χ3v) is 6.70. The SMILES string of the molecule is CCC[N+]1(C(=O)C(=O)C(C)(C)CC)CCCC(c2cccc(Cl)c2)C1C(=O)[S-]. The molecule has 0 aromatic heterocycles. The number of halogens is 1. The zero-order valence-electron chi connectivity index (χ0n) is 17.2. The highest BCUT2D eigenvalue weighted by atomic mass is 35.5. The predicted octanol–water partition coefficient (Wildman–Crippen LogP) is 4.42. The molecule has 1 aliphatic rings. The summed E-state index contributed by atoms with van der Waals surface area (Å²) < 4.78 is -0.154. The number of likely N-dealkylation sites (tertiary alicyclic amines) is 1. The Kier molecular flexibility index (Phi) is 7.40. The zero-order valence-corrected chi connectivity index (χ0v) is 18.7. The van der Waals surface area contributed by atoms with E-state index in [1.807, 2.05) is 32.0 Å². The molecule has 1 aromatic carbocycles. The van der Waals surface area contributed by atoms with Crippen LogP contribution >= 0.6 is 11.6 Å². The van der Waals surface area contributed by atoms with Gasteiger partial charge >= 0.3 is 5.91 Å². The first kappa shape index (κ1) is 23.0. The fourth-order valence-electron chi connectivity index (χ4n) is 4.32. The maximum Gasteiger partial charge on any atom is 0.382 e. The number of Topliss-reactive ketones (excluding diaryl/α,β-unsaturated/α-hetero) is 1. The van der Waals surface area contributed by atoms with Crippen molar-refractivity contribution in [1.29, 1.82) is 0 Å². The van der Waals surface area contributed by atoms with Gasteiger partial charge in [0.15, 0.2) is 0 Å². The van der Waals surface area contributed by atoms with Crippen LogP contribution in [0.25, 0.3) is 0 Å². The van der Waals surface area contributed by atoms with Gasteiger partial charge in [0.2, 0.25) is 0 Å². The molecule has 0 bridgehead atoms. The number of hydrogen-bond donors (Lipinski definition) is 0. The highest BCUT2D eigenvalue weighted by Crippen LogP contribution is 2.40. The minimum Gasteiger partial charge on any atom is -0.736 e. The van der Waals surface area contributed by atoms with E-state index in [2.05, 4.69) is 0 Å². The number of amides is 1. The number of carbonyl (C=O) groups is 3. The number of benzene rings is 1. The first-order valence-corrected chi connectivity index (χ1v) is 10.8. The fourth-order valence-corrected chi connectivity index (χ4v) is 4.88. The van der Waals surface area contributed by atoms with E-state index in [-0.39, 0.29) is 10.4 Å². The maximum atomic E-state index is 13.6. The lowest BCUT2D eigenvalue weighted by molar-refractivity contribution is -0.873. The second-order valence-corrected chi connectivity index (χ2v) is 9.26. The van der Waals surface area contributed by atoms with Gasteiger partial charge in [0.1, 0.15) is 6.04 Å². The van der Waals surface area contributed by atoms with E-state index < -0.39 is 28.3 Å². The van der Waals surface area contributed by atoms with Crippen LogP contribution in [0.1, 0.15) is 64.9 Å². The Morgan fingerprint density at radius 2 is 1.93 bits per heavy atom. The van der Waals surface area contributed by atoms with Crippen molar-refractivity contribution in [3.8, 4) is 0 Å². The largest absolute Gasteiger partial charge is 0.736 e. The van der Waals surface area contributed by atoms with Crippen molar-refractivity contribution < 1.29 is 18.9 Å². The third-order valence-electron chi connectivity index (χ3n) is 6.22. The number of nitrogens with zero attached hydrogens (tertiary/aromatic N) is 1. The topological polar surface area (TPSA) is 51.2 Å². The van der Waals surface area contributed by atoms with Crippen LogP contribution in [0.3, 0.4) is 0 Å². The van der Waals surface area contributed by atoms with Gasteiger partial charge in [-0.15, -0.1) is 0 Å². The normalized spacial score (nSPS) is 25.3. The summed E-state index contributed by atoms with van der Waals surface area (Å²) in [5.74, 6) is -1.09. The third kappa shape index (κ3) is 4.32. The summed E-state index contributed by atoms with van der Waals surface area (Å²) in [6, 6.07) is 6.66. The van der Waals surface area contributed by atoms with Gasteiger partial charge in [0, 0.05) is 16.4 Å². The summed E-state index contributed by atoms with van der Waals surface area (Å²) in [4.78, 5) is 39.4. The molecule has 1 aromatic rings. The molecule has 3 atom stereocenters. The van der Waals surface area contributed by atoms with E-state index in [0.29, 0.717) is 31.0 Å². The Hall–Kier alpha value is -1.30. The van der Waals surface area contributed by atoms with E-state index in [1.54, 1.807) is 19.9 Å². The van der Waals surface area contributed by atoms with Crippen LogP contribution in [0.15, 0.2) is 24.3 Å². The van der Waals surface area contributed by atoms with Crippen LogP contribution < -0.4 is 0 Å². The van der Waals surface area contributed by atoms with E-state index in [4.69, 9.17) is 24.2 Å². The lowest BCUT2D eigenvalue weighted by Gasteiger charge is -2.49. The van der Waals surface area contributed by atoms with Gasteiger partial charge in [0.05, 0.1) is 18.2 Å². The molecule has 1 heterocycles. The molecule has 0 saturated carbocycles. The van der Waals surface area contributed by atoms with Gasteiger partial charge in [-0.2, -0.15) is 0 Å². The zero-order chi connectivity index (χ0) is 21.1. The molecule has 1 fully saturated rings. The molecule has 4 nitrogen and oxygen atoms in total. The average molecular weight is 424 g/mol. The van der Waals surface area contributed by atoms with Crippen molar-refractivity contribution in [3.63, 3.8) is 0 Å². The standard InChI is InChI=1S/C22H30ClNO3S/c1-5-12-24(20(26)19(25)22(3,4)6-2)13-8-11-17(18(24)21(27)28)15-9-7-10-16(23)14-15/h7,9-10,14,17-18H,5-6,8,11-13H2,1-4H3. The minimum atomic E-state index is -0.756. The van der Waals surface area contributed by atoms with Gasteiger partial charge in [-0.25, -0.2) is 9.28 Å². The molecule has 28 heavy (non-hydrogen) atoms. The Balaban J connectivity index is 2.58. The Morgan fingerprint density at radius 3 is 2.46 bits per heavy atom. The molecule has 0 N–H and O–H groups in total.